The summed E-state index contributed by atoms with van der Waals surface area (Å²) >= 11 is 0. The summed E-state index contributed by atoms with van der Waals surface area (Å²) in [4.78, 5) is 25.5. The average Bonchev–Trinajstić information content (AvgIpc) is 3.33. The van der Waals surface area contributed by atoms with Crippen molar-refractivity contribution >= 4 is 12.2 Å². The molecule has 9 nitrogen and oxygen atoms in total. The molecule has 1 amide bonds. The Bertz CT molecular complexity index is 691. The molecule has 0 radical (unpaired) electrons. The number of hydrogen-bond acceptors (Lipinski definition) is 8. The maximum Gasteiger partial charge on any atom is 0.511 e. The monoisotopic (exact) mass is 394 g/mol. The smallest absolute Gasteiger partial charge is 0.454 e. The first-order valence-electron chi connectivity index (χ1n) is 9.43. The second-order valence-corrected chi connectivity index (χ2v) is 6.68. The lowest BCUT2D eigenvalue weighted by molar-refractivity contribution is -0.0360. The molecule has 2 unspecified atom stereocenters. The molecule has 1 aromatic rings. The maximum absolute atomic E-state index is 12.3. The van der Waals surface area contributed by atoms with Crippen molar-refractivity contribution in [3.05, 3.63) is 23.8 Å². The van der Waals surface area contributed by atoms with E-state index >= 15 is 0 Å². The van der Waals surface area contributed by atoms with Crippen LogP contribution in [0.15, 0.2) is 18.2 Å². The largest absolute Gasteiger partial charge is 0.511 e. The first-order valence-corrected chi connectivity index (χ1v) is 9.43. The van der Waals surface area contributed by atoms with Gasteiger partial charge in [0.1, 0.15) is 6.10 Å². The summed E-state index contributed by atoms with van der Waals surface area (Å²) in [6.45, 7) is 5.40. The molecule has 1 saturated heterocycles. The number of fused-ring (bicyclic) bond motifs is 1. The van der Waals surface area contributed by atoms with Crippen molar-refractivity contribution in [1.29, 1.82) is 0 Å². The van der Waals surface area contributed by atoms with Crippen LogP contribution in [0.25, 0.3) is 0 Å². The summed E-state index contributed by atoms with van der Waals surface area (Å²) in [5.74, 6) is 1.43. The van der Waals surface area contributed by atoms with Crippen molar-refractivity contribution in [3.8, 4) is 11.5 Å². The number of likely N-dealkylation sites (N-methyl/N-ethyl adjacent to an activating group) is 1. The Labute approximate surface area is 163 Å². The summed E-state index contributed by atoms with van der Waals surface area (Å²) < 4.78 is 25.7. The van der Waals surface area contributed by atoms with E-state index in [0.717, 1.165) is 24.3 Å². The minimum atomic E-state index is -0.835. The molecule has 1 fully saturated rings. The predicted octanol–water partition coefficient (Wildman–Crippen LogP) is 2.28. The Hall–Kier alpha value is -2.68. The van der Waals surface area contributed by atoms with Crippen molar-refractivity contribution in [2.75, 3.05) is 33.2 Å². The highest BCUT2D eigenvalue weighted by molar-refractivity contribution is 5.68. The van der Waals surface area contributed by atoms with Gasteiger partial charge in [-0.2, -0.15) is 0 Å². The molecular weight excluding hydrogens is 368 g/mol. The van der Waals surface area contributed by atoms with Crippen molar-refractivity contribution in [1.82, 2.24) is 10.2 Å². The van der Waals surface area contributed by atoms with Gasteiger partial charge in [-0.3, -0.25) is 0 Å². The van der Waals surface area contributed by atoms with Crippen molar-refractivity contribution in [2.45, 2.75) is 38.8 Å². The number of carbonyl (C=O) groups is 2. The number of nitrogens with zero attached hydrogens (tertiary/aromatic N) is 1. The summed E-state index contributed by atoms with van der Waals surface area (Å²) in [7, 11) is 0. The van der Waals surface area contributed by atoms with Crippen LogP contribution in [0.1, 0.15) is 25.8 Å². The number of hydrogen-bond donors (Lipinski definition) is 1. The van der Waals surface area contributed by atoms with Gasteiger partial charge in [0, 0.05) is 19.1 Å². The fraction of sp³-hybridized carbons (Fsp3) is 0.579. The molecule has 2 heterocycles. The van der Waals surface area contributed by atoms with Crippen LogP contribution in [-0.2, 0) is 20.6 Å². The average molecular weight is 394 g/mol. The molecule has 0 aliphatic carbocycles. The van der Waals surface area contributed by atoms with Crippen LogP contribution < -0.4 is 14.8 Å². The molecule has 28 heavy (non-hydrogen) atoms. The normalized spacial score (nSPS) is 18.4. The fourth-order valence-electron chi connectivity index (χ4n) is 3.25. The van der Waals surface area contributed by atoms with E-state index in [-0.39, 0.29) is 18.9 Å². The van der Waals surface area contributed by atoms with Gasteiger partial charge < -0.3 is 33.9 Å². The number of ether oxygens (including phenoxy) is 5. The van der Waals surface area contributed by atoms with Gasteiger partial charge in [-0.05, 0) is 50.9 Å². The molecule has 9 heteroatoms. The van der Waals surface area contributed by atoms with Gasteiger partial charge in [-0.15, -0.1) is 0 Å². The third-order valence-electron chi connectivity index (χ3n) is 4.71. The van der Waals surface area contributed by atoms with E-state index < -0.39 is 19.0 Å². The number of rotatable bonds is 7. The van der Waals surface area contributed by atoms with Crippen molar-refractivity contribution in [3.63, 3.8) is 0 Å². The highest BCUT2D eigenvalue weighted by atomic mass is 16.8. The first kappa shape index (κ1) is 20.1. The molecule has 1 aromatic carbocycles. The molecule has 3 rings (SSSR count). The zero-order valence-electron chi connectivity index (χ0n) is 16.1. The molecule has 2 atom stereocenters. The van der Waals surface area contributed by atoms with Crippen LogP contribution in [0.2, 0.25) is 0 Å². The van der Waals surface area contributed by atoms with E-state index in [1.54, 1.807) is 4.90 Å². The number of nitrogens with one attached hydrogen (secondary N) is 1. The van der Waals surface area contributed by atoms with E-state index in [0.29, 0.717) is 25.3 Å². The third-order valence-corrected chi connectivity index (χ3v) is 4.71. The quantitative estimate of drug-likeness (QED) is 0.556. The Kier molecular flexibility index (Phi) is 6.80. The van der Waals surface area contributed by atoms with E-state index in [4.69, 9.17) is 23.7 Å². The second kappa shape index (κ2) is 9.50. The lowest BCUT2D eigenvalue weighted by atomic mass is 10.1. The van der Waals surface area contributed by atoms with Crippen molar-refractivity contribution in [2.24, 2.45) is 0 Å². The van der Waals surface area contributed by atoms with Crippen LogP contribution in [-0.4, -0.2) is 62.5 Å². The molecule has 154 valence electrons. The van der Waals surface area contributed by atoms with Gasteiger partial charge in [-0.1, -0.05) is 6.07 Å². The standard InChI is InChI=1S/C19H26N2O7/c1-3-21(13(2)8-14-4-5-16-17(9-14)25-11-24-16)18(22)26-12-27-19(23)28-15-6-7-20-10-15/h4-5,9,13,15,20H,3,6-8,10-12H2,1-2H3. The van der Waals surface area contributed by atoms with Gasteiger partial charge in [0.25, 0.3) is 0 Å². The Morgan fingerprint density at radius 2 is 2.11 bits per heavy atom. The van der Waals surface area contributed by atoms with Gasteiger partial charge in [0.2, 0.25) is 13.6 Å². The van der Waals surface area contributed by atoms with Crippen LogP contribution in [0.4, 0.5) is 9.59 Å². The molecule has 2 aliphatic rings. The Morgan fingerprint density at radius 3 is 2.86 bits per heavy atom. The van der Waals surface area contributed by atoms with Gasteiger partial charge in [0.15, 0.2) is 11.5 Å². The van der Waals surface area contributed by atoms with Gasteiger partial charge >= 0.3 is 12.2 Å². The van der Waals surface area contributed by atoms with Crippen LogP contribution >= 0.6 is 0 Å². The van der Waals surface area contributed by atoms with Crippen LogP contribution in [0.3, 0.4) is 0 Å². The Balaban J connectivity index is 1.43. The summed E-state index contributed by atoms with van der Waals surface area (Å²) in [6, 6.07) is 5.60. The van der Waals surface area contributed by atoms with E-state index in [9.17, 15) is 9.59 Å². The molecule has 0 spiro atoms. The highest BCUT2D eigenvalue weighted by Gasteiger charge is 2.23. The number of carbonyl (C=O) groups excluding carboxylic acids is 2. The molecular formula is C19H26N2O7. The topological polar surface area (TPSA) is 95.6 Å². The summed E-state index contributed by atoms with van der Waals surface area (Å²) in [5.41, 5.74) is 1.02. The summed E-state index contributed by atoms with van der Waals surface area (Å²) in [6.07, 6.45) is -0.214. The van der Waals surface area contributed by atoms with Crippen LogP contribution in [0.5, 0.6) is 11.5 Å². The molecule has 0 bridgehead atoms. The van der Waals surface area contributed by atoms with E-state index in [1.165, 1.54) is 0 Å². The Morgan fingerprint density at radius 1 is 1.29 bits per heavy atom. The van der Waals surface area contributed by atoms with Gasteiger partial charge in [-0.25, -0.2) is 9.59 Å². The number of benzene rings is 1. The third kappa shape index (κ3) is 5.19. The molecule has 0 saturated carbocycles. The predicted molar refractivity (Wildman–Crippen MR) is 98.3 cm³/mol. The molecule has 1 N–H and O–H groups in total. The SMILES string of the molecule is CCN(C(=O)OCOC(=O)OC1CCNC1)C(C)Cc1ccc2c(c1)OCO2. The van der Waals surface area contributed by atoms with E-state index in [2.05, 4.69) is 5.32 Å². The fourth-order valence-corrected chi connectivity index (χ4v) is 3.25. The summed E-state index contributed by atoms with van der Waals surface area (Å²) in [5, 5.41) is 3.08. The lowest BCUT2D eigenvalue weighted by Crippen LogP contribution is -2.40. The first-order chi connectivity index (χ1) is 13.6. The zero-order chi connectivity index (χ0) is 19.9. The molecule has 2 aliphatic heterocycles. The van der Waals surface area contributed by atoms with Gasteiger partial charge in [0.05, 0.1) is 0 Å². The second-order valence-electron chi connectivity index (χ2n) is 6.68. The molecule has 0 aromatic heterocycles. The van der Waals surface area contributed by atoms with E-state index in [1.807, 2.05) is 32.0 Å². The minimum Gasteiger partial charge on any atom is -0.454 e. The van der Waals surface area contributed by atoms with Crippen LogP contribution in [0, 0.1) is 0 Å². The lowest BCUT2D eigenvalue weighted by Gasteiger charge is -2.27. The maximum atomic E-state index is 12.3. The zero-order valence-corrected chi connectivity index (χ0v) is 16.1. The minimum absolute atomic E-state index is 0.116. The van der Waals surface area contributed by atoms with Crippen molar-refractivity contribution < 1.29 is 33.3 Å². The number of amides is 1. The highest BCUT2D eigenvalue weighted by Crippen LogP contribution is 2.33.